The molecule has 0 saturated carbocycles. The zero-order valence-corrected chi connectivity index (χ0v) is 7.06. The van der Waals surface area contributed by atoms with Crippen LogP contribution in [0.1, 0.15) is 0 Å². The molecule has 10 heavy (non-hydrogen) atoms. The fraction of sp³-hybridized carbons (Fsp3) is 0.250. The van der Waals surface area contributed by atoms with Gasteiger partial charge in [-0.25, -0.2) is 0 Å². The van der Waals surface area contributed by atoms with Gasteiger partial charge in [-0.15, -0.1) is 10.3 Å². The Bertz CT molecular complexity index is 200. The van der Waals surface area contributed by atoms with Crippen LogP contribution in [0.15, 0.2) is 35.2 Å². The lowest BCUT2D eigenvalue weighted by Gasteiger charge is -2.23. The molecule has 56 valence electrons. The summed E-state index contributed by atoms with van der Waals surface area (Å²) in [6.07, 6.45) is 3.73. The van der Waals surface area contributed by atoms with Gasteiger partial charge in [0.05, 0.1) is 0 Å². The number of hydrogen-bond acceptors (Lipinski definition) is 1. The second kappa shape index (κ2) is 2.64. The molecule has 0 aliphatic carbocycles. The van der Waals surface area contributed by atoms with Crippen molar-refractivity contribution in [3.63, 3.8) is 0 Å². The van der Waals surface area contributed by atoms with E-state index in [9.17, 15) is 4.55 Å². The van der Waals surface area contributed by atoms with Crippen LogP contribution in [0.25, 0.3) is 0 Å². The first-order chi connectivity index (χ1) is 4.61. The first-order valence-corrected chi connectivity index (χ1v) is 5.52. The maximum absolute atomic E-state index is 9.57. The lowest BCUT2D eigenvalue weighted by molar-refractivity contribution is 0.637. The molecule has 1 aromatic carbocycles. The summed E-state index contributed by atoms with van der Waals surface area (Å²) < 4.78 is 9.57. The third-order valence-corrected chi connectivity index (χ3v) is 2.75. The molecule has 2 heteroatoms. The fourth-order valence-corrected chi connectivity index (χ4v) is 1.58. The summed E-state index contributed by atoms with van der Waals surface area (Å²) in [5, 5.41) is 0. The minimum atomic E-state index is -1.50. The number of rotatable bonds is 1. The van der Waals surface area contributed by atoms with Crippen LogP contribution in [-0.2, 0) is 0 Å². The van der Waals surface area contributed by atoms with Crippen molar-refractivity contribution in [3.05, 3.63) is 30.3 Å². The summed E-state index contributed by atoms with van der Waals surface area (Å²) in [5.41, 5.74) is 0. The molecule has 1 aromatic rings. The van der Waals surface area contributed by atoms with E-state index in [0.29, 0.717) is 0 Å². The molecule has 0 atom stereocenters. The second-order valence-corrected chi connectivity index (χ2v) is 5.60. The molecule has 1 N–H and O–H groups in total. The highest BCUT2D eigenvalue weighted by Gasteiger charge is 2.07. The monoisotopic (exact) mass is 156 g/mol. The number of hydrogen-bond donors (Lipinski definition) is 1. The van der Waals surface area contributed by atoms with E-state index in [-0.39, 0.29) is 0 Å². The van der Waals surface area contributed by atoms with Crippen molar-refractivity contribution < 1.29 is 4.55 Å². The van der Waals surface area contributed by atoms with Crippen molar-refractivity contribution in [2.24, 2.45) is 0 Å². The summed E-state index contributed by atoms with van der Waals surface area (Å²) in [7, 11) is -1.50. The molecule has 1 nitrogen and oxygen atoms in total. The van der Waals surface area contributed by atoms with Crippen molar-refractivity contribution >= 4 is 10.3 Å². The molecule has 0 aromatic heterocycles. The SMILES string of the molecule is CS(C)(O)c1ccccc1. The molecule has 0 amide bonds. The van der Waals surface area contributed by atoms with Crippen LogP contribution in [0, 0.1) is 0 Å². The summed E-state index contributed by atoms with van der Waals surface area (Å²) >= 11 is 0. The molecule has 0 unspecified atom stereocenters. The van der Waals surface area contributed by atoms with E-state index in [1.54, 1.807) is 0 Å². The Morgan fingerprint density at radius 2 is 1.60 bits per heavy atom. The van der Waals surface area contributed by atoms with E-state index in [2.05, 4.69) is 0 Å². The van der Waals surface area contributed by atoms with Gasteiger partial charge in [0.1, 0.15) is 0 Å². The highest BCUT2D eigenvalue weighted by Crippen LogP contribution is 2.43. The average Bonchev–Trinajstić information content (AvgIpc) is 1.88. The fourth-order valence-electron chi connectivity index (χ4n) is 0.754. The Labute approximate surface area is 63.2 Å². The van der Waals surface area contributed by atoms with E-state index in [1.165, 1.54) is 0 Å². The van der Waals surface area contributed by atoms with Gasteiger partial charge >= 0.3 is 0 Å². The molecular formula is C8H12OS. The van der Waals surface area contributed by atoms with Gasteiger partial charge in [-0.2, -0.15) is 0 Å². The predicted molar refractivity (Wildman–Crippen MR) is 46.8 cm³/mol. The Balaban J connectivity index is 2.97. The van der Waals surface area contributed by atoms with E-state index >= 15 is 0 Å². The predicted octanol–water partition coefficient (Wildman–Crippen LogP) is 2.58. The van der Waals surface area contributed by atoms with Gasteiger partial charge in [0.25, 0.3) is 0 Å². The number of benzene rings is 1. The normalized spacial score (nSPS) is 13.1. The molecule has 0 aliphatic heterocycles. The van der Waals surface area contributed by atoms with Gasteiger partial charge in [0.15, 0.2) is 0 Å². The van der Waals surface area contributed by atoms with Gasteiger partial charge in [-0.3, -0.25) is 0 Å². The van der Waals surface area contributed by atoms with Gasteiger partial charge in [0, 0.05) is 4.90 Å². The largest absolute Gasteiger partial charge is 0.348 e. The molecule has 0 heterocycles. The molecule has 0 spiro atoms. The van der Waals surface area contributed by atoms with Crippen molar-refractivity contribution in [3.8, 4) is 0 Å². The molecule has 0 fully saturated rings. The van der Waals surface area contributed by atoms with Crippen LogP contribution >= 0.6 is 10.3 Å². The maximum Gasteiger partial charge on any atom is 0.0119 e. The molecule has 0 radical (unpaired) electrons. The minimum Gasteiger partial charge on any atom is -0.348 e. The average molecular weight is 156 g/mol. The Morgan fingerprint density at radius 1 is 1.10 bits per heavy atom. The lowest BCUT2D eigenvalue weighted by Crippen LogP contribution is -1.92. The molecule has 0 aliphatic rings. The third-order valence-electron chi connectivity index (χ3n) is 1.32. The summed E-state index contributed by atoms with van der Waals surface area (Å²) in [5.74, 6) is 0. The summed E-state index contributed by atoms with van der Waals surface area (Å²) in [4.78, 5) is 1.04. The van der Waals surface area contributed by atoms with E-state index in [4.69, 9.17) is 0 Å². The molecule has 0 bridgehead atoms. The quantitative estimate of drug-likeness (QED) is 0.662. The maximum atomic E-state index is 9.57. The van der Waals surface area contributed by atoms with Crippen LogP contribution in [-0.4, -0.2) is 17.1 Å². The van der Waals surface area contributed by atoms with Crippen LogP contribution in [0.4, 0.5) is 0 Å². The zero-order valence-electron chi connectivity index (χ0n) is 6.24. The Hall–Kier alpha value is -0.470. The van der Waals surface area contributed by atoms with E-state index in [0.717, 1.165) is 4.90 Å². The second-order valence-electron chi connectivity index (χ2n) is 2.59. The van der Waals surface area contributed by atoms with Crippen LogP contribution < -0.4 is 0 Å². The molecule has 0 saturated heterocycles. The van der Waals surface area contributed by atoms with Crippen molar-refractivity contribution in [2.45, 2.75) is 4.90 Å². The Kier molecular flexibility index (Phi) is 2.02. The van der Waals surface area contributed by atoms with E-state index < -0.39 is 10.3 Å². The van der Waals surface area contributed by atoms with Crippen LogP contribution in [0.2, 0.25) is 0 Å². The van der Waals surface area contributed by atoms with Gasteiger partial charge < -0.3 is 4.55 Å². The van der Waals surface area contributed by atoms with Crippen molar-refractivity contribution in [2.75, 3.05) is 12.5 Å². The van der Waals surface area contributed by atoms with Crippen molar-refractivity contribution in [1.82, 2.24) is 0 Å². The Morgan fingerprint density at radius 3 is 1.90 bits per heavy atom. The van der Waals surface area contributed by atoms with E-state index in [1.807, 2.05) is 42.8 Å². The third kappa shape index (κ3) is 1.75. The van der Waals surface area contributed by atoms with Crippen LogP contribution in [0.5, 0.6) is 0 Å². The minimum absolute atomic E-state index is 1.04. The van der Waals surface area contributed by atoms with Gasteiger partial charge in [-0.05, 0) is 24.6 Å². The van der Waals surface area contributed by atoms with Gasteiger partial charge in [-0.1, -0.05) is 18.2 Å². The lowest BCUT2D eigenvalue weighted by atomic mass is 10.4. The van der Waals surface area contributed by atoms with Gasteiger partial charge in [0.2, 0.25) is 0 Å². The topological polar surface area (TPSA) is 20.2 Å². The zero-order chi connectivity index (χ0) is 7.61. The van der Waals surface area contributed by atoms with Crippen molar-refractivity contribution in [1.29, 1.82) is 0 Å². The van der Waals surface area contributed by atoms with Crippen LogP contribution in [0.3, 0.4) is 0 Å². The summed E-state index contributed by atoms with van der Waals surface area (Å²) in [6, 6.07) is 9.75. The first kappa shape index (κ1) is 7.63. The molecule has 1 rings (SSSR count). The summed E-state index contributed by atoms with van der Waals surface area (Å²) in [6.45, 7) is 0. The first-order valence-electron chi connectivity index (χ1n) is 3.11. The highest BCUT2D eigenvalue weighted by atomic mass is 32.3. The standard InChI is InChI=1S/C8H12OS/c1-10(2,9)8-6-4-3-5-7-8/h3-7,9H,1-2H3. The smallest absolute Gasteiger partial charge is 0.0119 e. The molecular weight excluding hydrogens is 144 g/mol. The highest BCUT2D eigenvalue weighted by molar-refractivity contribution is 8.28.